The molecule has 1 heterocycles. The van der Waals surface area contributed by atoms with Crippen molar-refractivity contribution in [3.05, 3.63) is 71.9 Å². The van der Waals surface area contributed by atoms with Crippen molar-refractivity contribution >= 4 is 11.6 Å². The Kier molecular flexibility index (Phi) is 5.94. The summed E-state index contributed by atoms with van der Waals surface area (Å²) < 4.78 is 10.7. The van der Waals surface area contributed by atoms with E-state index in [1.54, 1.807) is 32.5 Å². The van der Waals surface area contributed by atoms with Crippen molar-refractivity contribution in [3.63, 3.8) is 0 Å². The molecule has 1 N–H and O–H groups in total. The number of nitrogens with zero attached hydrogens (tertiary/aromatic N) is 1. The second-order valence-corrected chi connectivity index (χ2v) is 6.73. The topological polar surface area (TPSA) is 60.5 Å². The fraction of sp³-hybridized carbons (Fsp3) is 0.217. The van der Waals surface area contributed by atoms with Crippen LogP contribution in [0.5, 0.6) is 11.5 Å². The molecule has 0 saturated heterocycles. The number of rotatable bonds is 6. The molecule has 0 radical (unpaired) electrons. The first kappa shape index (κ1) is 19.4. The van der Waals surface area contributed by atoms with Crippen molar-refractivity contribution in [2.45, 2.75) is 19.8 Å². The number of methoxy groups -OCH3 is 2. The average molecular weight is 376 g/mol. The Balaban J connectivity index is 1.78. The SMILES string of the molecule is COc1ccc(OC)c(-c2ccc(C(=O)Nc3ccc(C(C)C)cc3)cn2)c1. The molecule has 144 valence electrons. The van der Waals surface area contributed by atoms with Crippen LogP contribution in [-0.4, -0.2) is 25.1 Å². The molecule has 0 fully saturated rings. The number of amides is 1. The normalized spacial score (nSPS) is 10.6. The van der Waals surface area contributed by atoms with Crippen LogP contribution in [0.25, 0.3) is 11.3 Å². The number of aromatic nitrogens is 1. The summed E-state index contributed by atoms with van der Waals surface area (Å²) >= 11 is 0. The van der Waals surface area contributed by atoms with Gasteiger partial charge >= 0.3 is 0 Å². The predicted molar refractivity (Wildman–Crippen MR) is 111 cm³/mol. The quantitative estimate of drug-likeness (QED) is 0.647. The molecule has 0 aliphatic heterocycles. The van der Waals surface area contributed by atoms with Crippen molar-refractivity contribution in [2.75, 3.05) is 19.5 Å². The number of carbonyl (C=O) groups is 1. The molecule has 0 aliphatic rings. The van der Waals surface area contributed by atoms with Gasteiger partial charge in [0, 0.05) is 17.4 Å². The lowest BCUT2D eigenvalue weighted by Gasteiger charge is -2.11. The Morgan fingerprint density at radius 2 is 1.71 bits per heavy atom. The summed E-state index contributed by atoms with van der Waals surface area (Å²) in [7, 11) is 3.22. The van der Waals surface area contributed by atoms with E-state index in [0.29, 0.717) is 28.7 Å². The smallest absolute Gasteiger partial charge is 0.257 e. The minimum Gasteiger partial charge on any atom is -0.497 e. The van der Waals surface area contributed by atoms with Gasteiger partial charge in [0.25, 0.3) is 5.91 Å². The molecule has 0 bridgehead atoms. The minimum absolute atomic E-state index is 0.200. The van der Waals surface area contributed by atoms with Gasteiger partial charge in [-0.25, -0.2) is 0 Å². The zero-order valence-electron chi connectivity index (χ0n) is 16.5. The number of anilines is 1. The largest absolute Gasteiger partial charge is 0.497 e. The predicted octanol–water partition coefficient (Wildman–Crippen LogP) is 5.14. The number of hydrogen-bond acceptors (Lipinski definition) is 4. The number of ether oxygens (including phenoxy) is 2. The number of nitrogens with one attached hydrogen (secondary N) is 1. The lowest BCUT2D eigenvalue weighted by Crippen LogP contribution is -2.12. The lowest BCUT2D eigenvalue weighted by molar-refractivity contribution is 0.102. The maximum absolute atomic E-state index is 12.5. The Morgan fingerprint density at radius 3 is 2.29 bits per heavy atom. The fourth-order valence-corrected chi connectivity index (χ4v) is 2.86. The number of hydrogen-bond donors (Lipinski definition) is 1. The van der Waals surface area contributed by atoms with Crippen LogP contribution >= 0.6 is 0 Å². The molecule has 5 heteroatoms. The van der Waals surface area contributed by atoms with Gasteiger partial charge in [-0.15, -0.1) is 0 Å². The van der Waals surface area contributed by atoms with Gasteiger partial charge in [0.05, 0.1) is 25.5 Å². The van der Waals surface area contributed by atoms with Gasteiger partial charge in [-0.05, 0) is 53.9 Å². The summed E-state index contributed by atoms with van der Waals surface area (Å²) in [6.45, 7) is 4.27. The Morgan fingerprint density at radius 1 is 0.964 bits per heavy atom. The van der Waals surface area contributed by atoms with Crippen LogP contribution in [0.15, 0.2) is 60.8 Å². The first-order valence-corrected chi connectivity index (χ1v) is 9.11. The summed E-state index contributed by atoms with van der Waals surface area (Å²) in [6, 6.07) is 16.9. The van der Waals surface area contributed by atoms with Crippen LogP contribution in [0.2, 0.25) is 0 Å². The third-order valence-electron chi connectivity index (χ3n) is 4.54. The molecule has 0 aliphatic carbocycles. The average Bonchev–Trinajstić information content (AvgIpc) is 2.73. The minimum atomic E-state index is -0.200. The first-order chi connectivity index (χ1) is 13.5. The second kappa shape index (κ2) is 8.57. The molecule has 1 aromatic heterocycles. The van der Waals surface area contributed by atoms with Crippen LogP contribution in [0.1, 0.15) is 35.7 Å². The molecule has 28 heavy (non-hydrogen) atoms. The molecule has 5 nitrogen and oxygen atoms in total. The molecule has 0 saturated carbocycles. The van der Waals surface area contributed by atoms with E-state index >= 15 is 0 Å². The van der Waals surface area contributed by atoms with Crippen LogP contribution in [0.4, 0.5) is 5.69 Å². The maximum atomic E-state index is 12.5. The zero-order valence-corrected chi connectivity index (χ0v) is 16.5. The standard InChI is InChI=1S/C23H24N2O3/c1-15(2)16-5-8-18(9-6-16)25-23(26)17-7-11-21(24-14-17)20-13-19(27-3)10-12-22(20)28-4/h5-15H,1-4H3,(H,25,26). The lowest BCUT2D eigenvalue weighted by atomic mass is 10.0. The number of benzene rings is 2. The highest BCUT2D eigenvalue weighted by Crippen LogP contribution is 2.32. The second-order valence-electron chi connectivity index (χ2n) is 6.73. The van der Waals surface area contributed by atoms with Crippen LogP contribution in [-0.2, 0) is 0 Å². The van der Waals surface area contributed by atoms with E-state index in [0.717, 1.165) is 11.3 Å². The van der Waals surface area contributed by atoms with E-state index in [4.69, 9.17) is 9.47 Å². The molecule has 2 aromatic carbocycles. The van der Waals surface area contributed by atoms with E-state index in [-0.39, 0.29) is 5.91 Å². The van der Waals surface area contributed by atoms with E-state index in [1.807, 2.05) is 42.5 Å². The highest BCUT2D eigenvalue weighted by Gasteiger charge is 2.12. The molecular weight excluding hydrogens is 352 g/mol. The number of pyridine rings is 1. The fourth-order valence-electron chi connectivity index (χ4n) is 2.86. The molecule has 3 aromatic rings. The van der Waals surface area contributed by atoms with E-state index < -0.39 is 0 Å². The number of carbonyl (C=O) groups excluding carboxylic acids is 1. The molecule has 1 amide bonds. The van der Waals surface area contributed by atoms with E-state index in [9.17, 15) is 4.79 Å². The summed E-state index contributed by atoms with van der Waals surface area (Å²) in [4.78, 5) is 16.9. The van der Waals surface area contributed by atoms with Crippen molar-refractivity contribution in [1.29, 1.82) is 0 Å². The van der Waals surface area contributed by atoms with Gasteiger partial charge in [0.2, 0.25) is 0 Å². The summed E-state index contributed by atoms with van der Waals surface area (Å²) in [5, 5.41) is 2.90. The van der Waals surface area contributed by atoms with Crippen LogP contribution in [0.3, 0.4) is 0 Å². The molecule has 0 unspecified atom stereocenters. The highest BCUT2D eigenvalue weighted by atomic mass is 16.5. The van der Waals surface area contributed by atoms with Gasteiger partial charge in [0.1, 0.15) is 11.5 Å². The molecule has 0 atom stereocenters. The van der Waals surface area contributed by atoms with Crippen molar-refractivity contribution in [3.8, 4) is 22.8 Å². The van der Waals surface area contributed by atoms with Crippen molar-refractivity contribution in [2.24, 2.45) is 0 Å². The van der Waals surface area contributed by atoms with E-state index in [1.165, 1.54) is 5.56 Å². The van der Waals surface area contributed by atoms with E-state index in [2.05, 4.69) is 24.1 Å². The summed E-state index contributed by atoms with van der Waals surface area (Å²) in [6.07, 6.45) is 1.56. The Bertz CT molecular complexity index is 949. The van der Waals surface area contributed by atoms with Gasteiger partial charge in [-0.1, -0.05) is 26.0 Å². The van der Waals surface area contributed by atoms with Gasteiger partial charge < -0.3 is 14.8 Å². The summed E-state index contributed by atoms with van der Waals surface area (Å²) in [5.41, 5.74) is 3.98. The Labute approximate surface area is 165 Å². The third-order valence-corrected chi connectivity index (χ3v) is 4.54. The third kappa shape index (κ3) is 4.31. The highest BCUT2D eigenvalue weighted by molar-refractivity contribution is 6.04. The van der Waals surface area contributed by atoms with Crippen LogP contribution < -0.4 is 14.8 Å². The molecule has 3 rings (SSSR count). The van der Waals surface area contributed by atoms with Gasteiger partial charge in [0.15, 0.2) is 0 Å². The molecule has 0 spiro atoms. The van der Waals surface area contributed by atoms with Gasteiger partial charge in [-0.2, -0.15) is 0 Å². The monoisotopic (exact) mass is 376 g/mol. The Hall–Kier alpha value is -3.34. The maximum Gasteiger partial charge on any atom is 0.257 e. The first-order valence-electron chi connectivity index (χ1n) is 9.11. The van der Waals surface area contributed by atoms with Crippen molar-refractivity contribution in [1.82, 2.24) is 4.98 Å². The zero-order chi connectivity index (χ0) is 20.1. The molecular formula is C23H24N2O3. The van der Waals surface area contributed by atoms with Gasteiger partial charge in [-0.3, -0.25) is 9.78 Å². The summed E-state index contributed by atoms with van der Waals surface area (Å²) in [5.74, 6) is 1.66. The van der Waals surface area contributed by atoms with Crippen molar-refractivity contribution < 1.29 is 14.3 Å². The van der Waals surface area contributed by atoms with Crippen LogP contribution in [0, 0.1) is 0 Å².